The topological polar surface area (TPSA) is 59.0 Å². The van der Waals surface area contributed by atoms with Crippen molar-refractivity contribution in [1.82, 2.24) is 15.1 Å². The number of hydrogen-bond acceptors (Lipinski definition) is 3. The fraction of sp³-hybridized carbons (Fsp3) is 0.375. The van der Waals surface area contributed by atoms with E-state index in [2.05, 4.69) is 28.7 Å². The van der Waals surface area contributed by atoms with E-state index in [0.29, 0.717) is 0 Å². The molecule has 0 saturated carbocycles. The number of carbonyl (C=O) groups is 1. The fourth-order valence-corrected chi connectivity index (χ4v) is 2.19. The first kappa shape index (κ1) is 15.3. The molecular formula is C16H22N4O. The second-order valence-electron chi connectivity index (χ2n) is 5.26. The number of nitrogens with zero attached hydrogens (tertiary/aromatic N) is 2. The molecule has 0 aliphatic heterocycles. The Balaban J connectivity index is 1.87. The smallest absolute Gasteiger partial charge is 0.221 e. The van der Waals surface area contributed by atoms with Crippen molar-refractivity contribution in [3.63, 3.8) is 0 Å². The minimum atomic E-state index is -0.0539. The Bertz CT molecular complexity index is 606. The minimum Gasteiger partial charge on any atom is -0.326 e. The third-order valence-corrected chi connectivity index (χ3v) is 3.26. The van der Waals surface area contributed by atoms with Gasteiger partial charge < -0.3 is 10.6 Å². The number of rotatable bonds is 6. The second kappa shape index (κ2) is 7.04. The molecule has 0 bridgehead atoms. The number of hydrogen-bond donors (Lipinski definition) is 2. The van der Waals surface area contributed by atoms with Gasteiger partial charge in [0.15, 0.2) is 0 Å². The Labute approximate surface area is 125 Å². The number of amides is 1. The number of aryl methyl sites for hydroxylation is 1. The number of nitrogens with one attached hydrogen (secondary N) is 2. The Morgan fingerprint density at radius 3 is 2.90 bits per heavy atom. The molecule has 0 aliphatic rings. The molecular weight excluding hydrogens is 264 g/mol. The SMILES string of the molecule is CC(=O)Nc1cccc(C(C)NCCn2cc(C)cn2)c1. The number of benzene rings is 1. The van der Waals surface area contributed by atoms with Gasteiger partial charge >= 0.3 is 0 Å². The molecule has 21 heavy (non-hydrogen) atoms. The Morgan fingerprint density at radius 2 is 2.24 bits per heavy atom. The van der Waals surface area contributed by atoms with Crippen LogP contribution in [0.4, 0.5) is 5.69 Å². The summed E-state index contributed by atoms with van der Waals surface area (Å²) in [7, 11) is 0. The molecule has 1 atom stereocenters. The van der Waals surface area contributed by atoms with Crippen molar-refractivity contribution in [1.29, 1.82) is 0 Å². The molecule has 112 valence electrons. The maximum absolute atomic E-state index is 11.1. The molecule has 1 unspecified atom stereocenters. The van der Waals surface area contributed by atoms with Gasteiger partial charge in [0.1, 0.15) is 0 Å². The normalized spacial score (nSPS) is 12.1. The summed E-state index contributed by atoms with van der Waals surface area (Å²) in [6, 6.07) is 8.12. The highest BCUT2D eigenvalue weighted by Gasteiger charge is 2.06. The average molecular weight is 286 g/mol. The predicted octanol–water partition coefficient (Wildman–Crippen LogP) is 2.50. The van der Waals surface area contributed by atoms with Crippen molar-refractivity contribution in [3.8, 4) is 0 Å². The van der Waals surface area contributed by atoms with Crippen LogP contribution in [0.3, 0.4) is 0 Å². The second-order valence-corrected chi connectivity index (χ2v) is 5.26. The quantitative estimate of drug-likeness (QED) is 0.858. The first-order valence-electron chi connectivity index (χ1n) is 7.14. The van der Waals surface area contributed by atoms with Crippen molar-refractivity contribution in [2.75, 3.05) is 11.9 Å². The van der Waals surface area contributed by atoms with E-state index in [9.17, 15) is 4.79 Å². The molecule has 2 N–H and O–H groups in total. The zero-order valence-corrected chi connectivity index (χ0v) is 12.8. The monoisotopic (exact) mass is 286 g/mol. The minimum absolute atomic E-state index is 0.0539. The lowest BCUT2D eigenvalue weighted by molar-refractivity contribution is -0.114. The molecule has 1 aromatic heterocycles. The molecule has 0 radical (unpaired) electrons. The molecule has 0 fully saturated rings. The van der Waals surface area contributed by atoms with Crippen molar-refractivity contribution in [3.05, 3.63) is 47.8 Å². The van der Waals surface area contributed by atoms with Crippen LogP contribution in [0, 0.1) is 6.92 Å². The average Bonchev–Trinajstić information content (AvgIpc) is 2.84. The van der Waals surface area contributed by atoms with Gasteiger partial charge in [-0.15, -0.1) is 0 Å². The van der Waals surface area contributed by atoms with E-state index in [4.69, 9.17) is 0 Å². The summed E-state index contributed by atoms with van der Waals surface area (Å²) in [5.74, 6) is -0.0539. The van der Waals surface area contributed by atoms with E-state index in [1.165, 1.54) is 12.5 Å². The summed E-state index contributed by atoms with van der Waals surface area (Å²) >= 11 is 0. The number of aromatic nitrogens is 2. The summed E-state index contributed by atoms with van der Waals surface area (Å²) in [4.78, 5) is 11.1. The van der Waals surface area contributed by atoms with Crippen LogP contribution in [-0.4, -0.2) is 22.2 Å². The molecule has 0 aliphatic carbocycles. The van der Waals surface area contributed by atoms with Crippen LogP contribution in [0.2, 0.25) is 0 Å². The lowest BCUT2D eigenvalue weighted by Gasteiger charge is -2.15. The van der Waals surface area contributed by atoms with Crippen molar-refractivity contribution in [2.24, 2.45) is 0 Å². The van der Waals surface area contributed by atoms with Gasteiger partial charge in [-0.3, -0.25) is 9.48 Å². The third kappa shape index (κ3) is 4.72. The summed E-state index contributed by atoms with van der Waals surface area (Å²) in [6.07, 6.45) is 3.89. The summed E-state index contributed by atoms with van der Waals surface area (Å²) < 4.78 is 1.93. The van der Waals surface area contributed by atoms with E-state index in [0.717, 1.165) is 24.3 Å². The number of anilines is 1. The fourth-order valence-electron chi connectivity index (χ4n) is 2.19. The van der Waals surface area contributed by atoms with Gasteiger partial charge in [-0.1, -0.05) is 12.1 Å². The van der Waals surface area contributed by atoms with E-state index in [1.807, 2.05) is 42.2 Å². The molecule has 2 rings (SSSR count). The highest BCUT2D eigenvalue weighted by Crippen LogP contribution is 2.17. The van der Waals surface area contributed by atoms with Crippen LogP contribution in [0.5, 0.6) is 0 Å². The van der Waals surface area contributed by atoms with Gasteiger partial charge in [-0.2, -0.15) is 5.10 Å². The molecule has 1 heterocycles. The van der Waals surface area contributed by atoms with E-state index >= 15 is 0 Å². The Morgan fingerprint density at radius 1 is 1.43 bits per heavy atom. The third-order valence-electron chi connectivity index (χ3n) is 3.26. The maximum atomic E-state index is 11.1. The maximum Gasteiger partial charge on any atom is 0.221 e. The highest BCUT2D eigenvalue weighted by atomic mass is 16.1. The molecule has 2 aromatic rings. The largest absolute Gasteiger partial charge is 0.326 e. The lowest BCUT2D eigenvalue weighted by atomic mass is 10.1. The van der Waals surface area contributed by atoms with Crippen LogP contribution in [-0.2, 0) is 11.3 Å². The Hall–Kier alpha value is -2.14. The molecule has 0 spiro atoms. The summed E-state index contributed by atoms with van der Waals surface area (Å²) in [5, 5.41) is 10.5. The van der Waals surface area contributed by atoms with Crippen LogP contribution in [0.25, 0.3) is 0 Å². The van der Waals surface area contributed by atoms with Crippen LogP contribution >= 0.6 is 0 Å². The van der Waals surface area contributed by atoms with Crippen molar-refractivity contribution in [2.45, 2.75) is 33.4 Å². The van der Waals surface area contributed by atoms with Crippen LogP contribution in [0.1, 0.15) is 31.0 Å². The lowest BCUT2D eigenvalue weighted by Crippen LogP contribution is -2.23. The van der Waals surface area contributed by atoms with Gasteiger partial charge in [0.2, 0.25) is 5.91 Å². The molecule has 0 saturated heterocycles. The van der Waals surface area contributed by atoms with Gasteiger partial charge in [0.05, 0.1) is 12.7 Å². The van der Waals surface area contributed by atoms with Gasteiger partial charge in [0, 0.05) is 31.4 Å². The summed E-state index contributed by atoms with van der Waals surface area (Å²) in [5.41, 5.74) is 3.15. The zero-order valence-electron chi connectivity index (χ0n) is 12.8. The zero-order chi connectivity index (χ0) is 15.2. The number of carbonyl (C=O) groups excluding carboxylic acids is 1. The standard InChI is InChI=1S/C16H22N4O/c1-12-10-18-20(11-12)8-7-17-13(2)15-5-4-6-16(9-15)19-14(3)21/h4-6,9-11,13,17H,7-8H2,1-3H3,(H,19,21). The van der Waals surface area contributed by atoms with Crippen molar-refractivity contribution >= 4 is 11.6 Å². The van der Waals surface area contributed by atoms with Gasteiger partial charge in [-0.05, 0) is 37.1 Å². The molecule has 1 aromatic carbocycles. The molecule has 1 amide bonds. The van der Waals surface area contributed by atoms with Crippen molar-refractivity contribution < 1.29 is 4.79 Å². The molecule has 5 heteroatoms. The van der Waals surface area contributed by atoms with Gasteiger partial charge in [0.25, 0.3) is 0 Å². The van der Waals surface area contributed by atoms with E-state index in [-0.39, 0.29) is 11.9 Å². The molecule has 5 nitrogen and oxygen atoms in total. The van der Waals surface area contributed by atoms with E-state index < -0.39 is 0 Å². The van der Waals surface area contributed by atoms with Gasteiger partial charge in [-0.25, -0.2) is 0 Å². The summed E-state index contributed by atoms with van der Waals surface area (Å²) in [6.45, 7) is 7.34. The predicted molar refractivity (Wildman–Crippen MR) is 84.1 cm³/mol. The first-order chi connectivity index (χ1) is 10.0. The van der Waals surface area contributed by atoms with E-state index in [1.54, 1.807) is 0 Å². The van der Waals surface area contributed by atoms with Crippen LogP contribution < -0.4 is 10.6 Å². The Kier molecular flexibility index (Phi) is 5.11. The van der Waals surface area contributed by atoms with Crippen LogP contribution in [0.15, 0.2) is 36.7 Å². The highest BCUT2D eigenvalue weighted by molar-refractivity contribution is 5.88. The first-order valence-corrected chi connectivity index (χ1v) is 7.14.